The van der Waals surface area contributed by atoms with Gasteiger partial charge < -0.3 is 19.9 Å². The second kappa shape index (κ2) is 9.57. The van der Waals surface area contributed by atoms with Gasteiger partial charge in [-0.2, -0.15) is 0 Å². The molecule has 5 heteroatoms. The summed E-state index contributed by atoms with van der Waals surface area (Å²) in [6.07, 6.45) is 5.42. The highest BCUT2D eigenvalue weighted by Crippen LogP contribution is 2.31. The first kappa shape index (κ1) is 20.9. The largest absolute Gasteiger partial charge is 0.383 e. The predicted octanol–water partition coefficient (Wildman–Crippen LogP) is 3.40. The molecule has 1 N–H and O–H groups in total. The average molecular weight is 386 g/mol. The Bertz CT molecular complexity index is 695. The van der Waals surface area contributed by atoms with E-state index in [1.54, 1.807) is 7.11 Å². The van der Waals surface area contributed by atoms with Gasteiger partial charge in [-0.1, -0.05) is 37.3 Å². The molecule has 1 aliphatic heterocycles. The van der Waals surface area contributed by atoms with Crippen LogP contribution in [0.4, 0.5) is 4.79 Å². The van der Waals surface area contributed by atoms with Crippen LogP contribution in [0.3, 0.4) is 0 Å². The fourth-order valence-corrected chi connectivity index (χ4v) is 4.45. The Morgan fingerprint density at radius 3 is 2.75 bits per heavy atom. The molecule has 1 heterocycles. The van der Waals surface area contributed by atoms with Crippen molar-refractivity contribution in [1.82, 2.24) is 15.1 Å². The smallest absolute Gasteiger partial charge is 0.318 e. The lowest BCUT2D eigenvalue weighted by Gasteiger charge is -2.38. The molecule has 1 aromatic carbocycles. The first-order valence-electron chi connectivity index (χ1n) is 10.5. The van der Waals surface area contributed by atoms with Gasteiger partial charge in [-0.15, -0.1) is 0 Å². The molecule has 1 aromatic rings. The summed E-state index contributed by atoms with van der Waals surface area (Å²) >= 11 is 0. The van der Waals surface area contributed by atoms with Crippen molar-refractivity contribution < 1.29 is 9.53 Å². The van der Waals surface area contributed by atoms with Crippen LogP contribution in [0.2, 0.25) is 0 Å². The topological polar surface area (TPSA) is 44.8 Å². The van der Waals surface area contributed by atoms with E-state index < -0.39 is 0 Å². The minimum atomic E-state index is -0.0206. The number of benzene rings is 1. The molecule has 2 amide bonds. The van der Waals surface area contributed by atoms with Crippen LogP contribution >= 0.6 is 0 Å². The number of piperidine rings is 1. The number of urea groups is 1. The number of nitrogens with one attached hydrogen (secondary N) is 1. The number of hydrogen-bond acceptors (Lipinski definition) is 3. The van der Waals surface area contributed by atoms with Gasteiger partial charge in [0.2, 0.25) is 0 Å². The number of fused-ring (bicyclic) bond motifs is 1. The standard InChI is InChI=1S/C23H35N3O2/c1-17-15-19-7-5-6-8-21(19)22(16-17)18(2)24-23(27)26(13-14-28-4)20-9-11-25(3)12-10-20/h5-8,16-18,20H,9-15H2,1-4H3,(H,24,27). The average Bonchev–Trinajstić information content (AvgIpc) is 2.68. The van der Waals surface area contributed by atoms with E-state index in [1.807, 2.05) is 4.90 Å². The van der Waals surface area contributed by atoms with Gasteiger partial charge in [0.05, 0.1) is 12.6 Å². The number of likely N-dealkylation sites (tertiary alicyclic amines) is 1. The first-order chi connectivity index (χ1) is 13.5. The lowest BCUT2D eigenvalue weighted by atomic mass is 9.83. The monoisotopic (exact) mass is 385 g/mol. The number of amides is 2. The second-order valence-corrected chi connectivity index (χ2v) is 8.35. The van der Waals surface area contributed by atoms with Crippen molar-refractivity contribution in [2.45, 2.75) is 45.2 Å². The van der Waals surface area contributed by atoms with Crippen LogP contribution < -0.4 is 5.32 Å². The zero-order chi connectivity index (χ0) is 20.1. The minimum absolute atomic E-state index is 0.0206. The molecule has 2 aliphatic rings. The second-order valence-electron chi connectivity index (χ2n) is 8.35. The number of ether oxygens (including phenoxy) is 1. The van der Waals surface area contributed by atoms with Crippen LogP contribution in [0.5, 0.6) is 0 Å². The molecule has 3 rings (SSSR count). The van der Waals surface area contributed by atoms with Crippen LogP contribution in [0.1, 0.15) is 37.8 Å². The summed E-state index contributed by atoms with van der Waals surface area (Å²) in [5.74, 6) is 0.489. The Labute approximate surface area is 169 Å². The van der Waals surface area contributed by atoms with Crippen LogP contribution in [0, 0.1) is 5.92 Å². The highest BCUT2D eigenvalue weighted by molar-refractivity contribution is 5.81. The normalized spacial score (nSPS) is 21.6. The van der Waals surface area contributed by atoms with Crippen molar-refractivity contribution in [2.24, 2.45) is 5.92 Å². The zero-order valence-electron chi connectivity index (χ0n) is 17.8. The number of hydrogen-bond donors (Lipinski definition) is 1. The summed E-state index contributed by atoms with van der Waals surface area (Å²) < 4.78 is 5.27. The van der Waals surface area contributed by atoms with Gasteiger partial charge in [0.15, 0.2) is 0 Å². The van der Waals surface area contributed by atoms with E-state index in [4.69, 9.17) is 4.74 Å². The van der Waals surface area contributed by atoms with E-state index in [1.165, 1.54) is 16.7 Å². The van der Waals surface area contributed by atoms with Crippen LogP contribution in [-0.2, 0) is 11.2 Å². The third-order valence-electron chi connectivity index (χ3n) is 6.07. The zero-order valence-corrected chi connectivity index (χ0v) is 17.8. The van der Waals surface area contributed by atoms with Crippen LogP contribution in [-0.4, -0.2) is 68.3 Å². The molecule has 0 aromatic heterocycles. The molecule has 0 radical (unpaired) electrons. The maximum absolute atomic E-state index is 13.2. The van der Waals surface area contributed by atoms with Crippen LogP contribution in [0.15, 0.2) is 30.3 Å². The first-order valence-corrected chi connectivity index (χ1v) is 10.5. The van der Waals surface area contributed by atoms with Gasteiger partial charge in [-0.05, 0) is 68.9 Å². The Morgan fingerprint density at radius 2 is 2.04 bits per heavy atom. The summed E-state index contributed by atoms with van der Waals surface area (Å²) in [6, 6.07) is 8.85. The number of allylic oxidation sites excluding steroid dienone is 1. The minimum Gasteiger partial charge on any atom is -0.383 e. The van der Waals surface area contributed by atoms with Crippen molar-refractivity contribution in [2.75, 3.05) is 40.4 Å². The Balaban J connectivity index is 1.71. The van der Waals surface area contributed by atoms with E-state index in [9.17, 15) is 4.79 Å². The lowest BCUT2D eigenvalue weighted by molar-refractivity contribution is 0.101. The van der Waals surface area contributed by atoms with E-state index in [0.717, 1.165) is 32.4 Å². The highest BCUT2D eigenvalue weighted by Gasteiger charge is 2.29. The number of carbonyl (C=O) groups is 1. The summed E-state index contributed by atoms with van der Waals surface area (Å²) in [4.78, 5) is 17.5. The molecule has 1 fully saturated rings. The Morgan fingerprint density at radius 1 is 1.32 bits per heavy atom. The van der Waals surface area contributed by atoms with Crippen molar-refractivity contribution in [3.05, 3.63) is 41.5 Å². The summed E-state index contributed by atoms with van der Waals surface area (Å²) in [5.41, 5.74) is 3.88. The maximum atomic E-state index is 13.2. The maximum Gasteiger partial charge on any atom is 0.318 e. The fourth-order valence-electron chi connectivity index (χ4n) is 4.45. The molecule has 154 valence electrons. The number of nitrogens with zero attached hydrogens (tertiary/aromatic N) is 2. The predicted molar refractivity (Wildman–Crippen MR) is 114 cm³/mol. The van der Waals surface area contributed by atoms with Gasteiger partial charge in [0.25, 0.3) is 0 Å². The van der Waals surface area contributed by atoms with E-state index in [-0.39, 0.29) is 18.1 Å². The van der Waals surface area contributed by atoms with E-state index in [2.05, 4.69) is 61.5 Å². The fraction of sp³-hybridized carbons (Fsp3) is 0.609. The molecule has 2 unspecified atom stereocenters. The molecular weight excluding hydrogens is 350 g/mol. The highest BCUT2D eigenvalue weighted by atomic mass is 16.5. The van der Waals surface area contributed by atoms with Gasteiger partial charge in [-0.25, -0.2) is 4.79 Å². The lowest BCUT2D eigenvalue weighted by Crippen LogP contribution is -2.53. The van der Waals surface area contributed by atoms with Gasteiger partial charge >= 0.3 is 6.03 Å². The molecule has 0 bridgehead atoms. The van der Waals surface area contributed by atoms with Gasteiger partial charge in [0, 0.05) is 19.7 Å². The van der Waals surface area contributed by atoms with Crippen LogP contribution in [0.25, 0.3) is 5.57 Å². The molecule has 0 spiro atoms. The molecule has 1 saturated heterocycles. The SMILES string of the molecule is COCCN(C(=O)NC(C)C1=CC(C)Cc2ccccc21)C1CCN(C)CC1. The molecular formula is C23H35N3O2. The molecule has 0 saturated carbocycles. The van der Waals surface area contributed by atoms with Crippen molar-refractivity contribution in [3.8, 4) is 0 Å². The third kappa shape index (κ3) is 4.95. The summed E-state index contributed by atoms with van der Waals surface area (Å²) in [7, 11) is 3.84. The number of rotatable bonds is 6. The van der Waals surface area contributed by atoms with Crippen molar-refractivity contribution >= 4 is 11.6 Å². The third-order valence-corrected chi connectivity index (χ3v) is 6.07. The summed E-state index contributed by atoms with van der Waals surface area (Å²) in [6.45, 7) is 7.61. The Hall–Kier alpha value is -1.85. The van der Waals surface area contributed by atoms with Crippen molar-refractivity contribution in [3.63, 3.8) is 0 Å². The molecule has 1 aliphatic carbocycles. The molecule has 5 nitrogen and oxygen atoms in total. The van der Waals surface area contributed by atoms with E-state index in [0.29, 0.717) is 19.1 Å². The Kier molecular flexibility index (Phi) is 7.13. The number of methoxy groups -OCH3 is 1. The molecule has 28 heavy (non-hydrogen) atoms. The van der Waals surface area contributed by atoms with Crippen molar-refractivity contribution in [1.29, 1.82) is 0 Å². The van der Waals surface area contributed by atoms with Gasteiger partial charge in [-0.3, -0.25) is 0 Å². The number of carbonyl (C=O) groups excluding carboxylic acids is 1. The van der Waals surface area contributed by atoms with Gasteiger partial charge in [0.1, 0.15) is 0 Å². The molecule has 2 atom stereocenters. The quantitative estimate of drug-likeness (QED) is 0.816. The van der Waals surface area contributed by atoms with E-state index >= 15 is 0 Å². The summed E-state index contributed by atoms with van der Waals surface area (Å²) in [5, 5.41) is 3.28.